The van der Waals surface area contributed by atoms with Crippen molar-refractivity contribution in [2.75, 3.05) is 0 Å². The van der Waals surface area contributed by atoms with E-state index in [2.05, 4.69) is 31.4 Å². The van der Waals surface area contributed by atoms with Gasteiger partial charge in [0.05, 0.1) is 12.6 Å². The van der Waals surface area contributed by atoms with Crippen LogP contribution in [0.15, 0.2) is 25.7 Å². The van der Waals surface area contributed by atoms with Crippen molar-refractivity contribution in [3.8, 4) is 11.6 Å². The number of nitrogens with two attached hydrogens (primary N) is 1. The van der Waals surface area contributed by atoms with Gasteiger partial charge in [-0.1, -0.05) is 19.0 Å². The Morgan fingerprint density at radius 1 is 1.50 bits per heavy atom. The molecule has 2 aromatic rings. The van der Waals surface area contributed by atoms with Crippen LogP contribution in [0.3, 0.4) is 0 Å². The summed E-state index contributed by atoms with van der Waals surface area (Å²) in [6.45, 7) is 3.89. The Kier molecular flexibility index (Phi) is 4.56. The second-order valence-corrected chi connectivity index (χ2v) is 5.38. The van der Waals surface area contributed by atoms with Crippen LogP contribution < -0.4 is 11.1 Å². The van der Waals surface area contributed by atoms with E-state index in [0.717, 1.165) is 0 Å². The molecule has 1 atom stereocenters. The molecule has 7 nitrogen and oxygen atoms in total. The minimum Gasteiger partial charge on any atom is -0.446 e. The molecule has 2 aromatic heterocycles. The van der Waals surface area contributed by atoms with Crippen LogP contribution in [0.2, 0.25) is 0 Å². The minimum absolute atomic E-state index is 0.0636. The molecule has 1 amide bonds. The fourth-order valence-electron chi connectivity index (χ4n) is 1.44. The van der Waals surface area contributed by atoms with E-state index in [-0.39, 0.29) is 24.3 Å². The summed E-state index contributed by atoms with van der Waals surface area (Å²) in [7, 11) is 0. The molecule has 0 bridgehead atoms. The number of carbonyl (C=O) groups is 1. The third-order valence-corrected chi connectivity index (χ3v) is 3.12. The first-order valence-electron chi connectivity index (χ1n) is 6.09. The maximum atomic E-state index is 11.7. The van der Waals surface area contributed by atoms with E-state index in [4.69, 9.17) is 14.7 Å². The van der Waals surface area contributed by atoms with Gasteiger partial charge in [0.2, 0.25) is 17.6 Å². The number of nitrogens with zero attached hydrogens (tertiary/aromatic N) is 2. The van der Waals surface area contributed by atoms with Crippen molar-refractivity contribution in [1.29, 1.82) is 0 Å². The Labute approximate surface area is 124 Å². The number of amides is 1. The molecular formula is C12H15BrN4O3. The van der Waals surface area contributed by atoms with Crippen LogP contribution in [-0.2, 0) is 11.3 Å². The highest BCUT2D eigenvalue weighted by molar-refractivity contribution is 9.10. The van der Waals surface area contributed by atoms with Crippen LogP contribution in [0.25, 0.3) is 11.6 Å². The first-order valence-corrected chi connectivity index (χ1v) is 6.88. The lowest BCUT2D eigenvalue weighted by atomic mass is 10.1. The number of rotatable bonds is 5. The summed E-state index contributed by atoms with van der Waals surface area (Å²) in [4.78, 5) is 15.8. The van der Waals surface area contributed by atoms with E-state index in [1.165, 1.54) is 0 Å². The van der Waals surface area contributed by atoms with Gasteiger partial charge in [-0.05, 0) is 34.0 Å². The van der Waals surface area contributed by atoms with E-state index in [1.54, 1.807) is 12.1 Å². The van der Waals surface area contributed by atoms with Crippen LogP contribution >= 0.6 is 15.9 Å². The van der Waals surface area contributed by atoms with Gasteiger partial charge in [0.25, 0.3) is 0 Å². The molecular weight excluding hydrogens is 328 g/mol. The topological polar surface area (TPSA) is 107 Å². The summed E-state index contributed by atoms with van der Waals surface area (Å²) in [6, 6.07) is 2.89. The van der Waals surface area contributed by atoms with Crippen LogP contribution in [0.4, 0.5) is 0 Å². The fourth-order valence-corrected chi connectivity index (χ4v) is 1.75. The number of nitrogens with one attached hydrogen (secondary N) is 1. The van der Waals surface area contributed by atoms with Crippen molar-refractivity contribution in [2.45, 2.75) is 26.4 Å². The van der Waals surface area contributed by atoms with Gasteiger partial charge >= 0.3 is 0 Å². The Hall–Kier alpha value is -1.67. The predicted octanol–water partition coefficient (Wildman–Crippen LogP) is 1.69. The molecule has 0 radical (unpaired) electrons. The molecule has 0 saturated heterocycles. The van der Waals surface area contributed by atoms with Crippen molar-refractivity contribution in [1.82, 2.24) is 15.5 Å². The van der Waals surface area contributed by atoms with Crippen molar-refractivity contribution in [2.24, 2.45) is 11.7 Å². The zero-order chi connectivity index (χ0) is 14.7. The summed E-state index contributed by atoms with van der Waals surface area (Å²) < 4.78 is 10.9. The number of hydrogen-bond donors (Lipinski definition) is 2. The van der Waals surface area contributed by atoms with Crippen molar-refractivity contribution >= 4 is 21.8 Å². The van der Waals surface area contributed by atoms with Crippen LogP contribution in [0.1, 0.15) is 19.7 Å². The third kappa shape index (κ3) is 3.45. The summed E-state index contributed by atoms with van der Waals surface area (Å²) >= 11 is 3.19. The quantitative estimate of drug-likeness (QED) is 0.856. The highest BCUT2D eigenvalue weighted by Gasteiger charge is 2.18. The molecule has 0 aliphatic heterocycles. The zero-order valence-corrected chi connectivity index (χ0v) is 12.7. The van der Waals surface area contributed by atoms with Gasteiger partial charge in [0, 0.05) is 0 Å². The van der Waals surface area contributed by atoms with Crippen LogP contribution in [0.5, 0.6) is 0 Å². The molecule has 20 heavy (non-hydrogen) atoms. The van der Waals surface area contributed by atoms with Gasteiger partial charge in [-0.2, -0.15) is 4.98 Å². The summed E-state index contributed by atoms with van der Waals surface area (Å²) in [5, 5.41) is 6.42. The molecule has 108 valence electrons. The number of hydrogen-bond acceptors (Lipinski definition) is 6. The summed E-state index contributed by atoms with van der Waals surface area (Å²) in [6.07, 6.45) is 0. The Morgan fingerprint density at radius 3 is 2.85 bits per heavy atom. The number of halogens is 1. The molecule has 8 heteroatoms. The number of carbonyl (C=O) groups excluding carboxylic acids is 1. The predicted molar refractivity (Wildman–Crippen MR) is 74.4 cm³/mol. The van der Waals surface area contributed by atoms with E-state index in [1.807, 2.05) is 13.8 Å². The minimum atomic E-state index is -0.557. The molecule has 0 spiro atoms. The lowest BCUT2D eigenvalue weighted by Gasteiger charge is -2.14. The third-order valence-electron chi connectivity index (χ3n) is 2.70. The van der Waals surface area contributed by atoms with Crippen molar-refractivity contribution < 1.29 is 13.7 Å². The average molecular weight is 343 g/mol. The average Bonchev–Trinajstić information content (AvgIpc) is 3.03. The maximum Gasteiger partial charge on any atom is 0.246 e. The van der Waals surface area contributed by atoms with Gasteiger partial charge < -0.3 is 20.0 Å². The SMILES string of the molecule is CC(C)[C@H](N)C(=O)NCc1nc(-c2ccc(Br)o2)no1. The standard InChI is InChI=1S/C12H15BrN4O3/c1-6(2)10(14)12(18)15-5-9-16-11(17-20-9)7-3-4-8(13)19-7/h3-4,6,10H,5,14H2,1-2H3,(H,15,18)/t10-/m0/s1. The highest BCUT2D eigenvalue weighted by atomic mass is 79.9. The fraction of sp³-hybridized carbons (Fsp3) is 0.417. The Morgan fingerprint density at radius 2 is 2.25 bits per heavy atom. The van der Waals surface area contributed by atoms with E-state index in [0.29, 0.717) is 16.3 Å². The highest BCUT2D eigenvalue weighted by Crippen LogP contribution is 2.22. The Balaban J connectivity index is 1.95. The molecule has 0 unspecified atom stereocenters. The van der Waals surface area contributed by atoms with E-state index >= 15 is 0 Å². The first-order chi connectivity index (χ1) is 9.47. The molecule has 2 rings (SSSR count). The second kappa shape index (κ2) is 6.19. The number of aromatic nitrogens is 2. The first kappa shape index (κ1) is 14.7. The smallest absolute Gasteiger partial charge is 0.246 e. The maximum absolute atomic E-state index is 11.7. The molecule has 3 N–H and O–H groups in total. The lowest BCUT2D eigenvalue weighted by molar-refractivity contribution is -0.123. The molecule has 0 saturated carbocycles. The lowest BCUT2D eigenvalue weighted by Crippen LogP contribution is -2.43. The summed E-state index contributed by atoms with van der Waals surface area (Å²) in [5.41, 5.74) is 5.72. The van der Waals surface area contributed by atoms with Gasteiger partial charge in [-0.15, -0.1) is 0 Å². The van der Waals surface area contributed by atoms with Crippen LogP contribution in [-0.4, -0.2) is 22.1 Å². The zero-order valence-electron chi connectivity index (χ0n) is 11.1. The Bertz CT molecular complexity index is 593. The van der Waals surface area contributed by atoms with E-state index in [9.17, 15) is 4.79 Å². The normalized spacial score (nSPS) is 12.7. The molecule has 0 aromatic carbocycles. The van der Waals surface area contributed by atoms with Crippen molar-refractivity contribution in [3.05, 3.63) is 22.7 Å². The van der Waals surface area contributed by atoms with Crippen molar-refractivity contribution in [3.63, 3.8) is 0 Å². The molecule has 0 aliphatic carbocycles. The van der Waals surface area contributed by atoms with E-state index < -0.39 is 6.04 Å². The van der Waals surface area contributed by atoms with Gasteiger partial charge in [0.1, 0.15) is 0 Å². The largest absolute Gasteiger partial charge is 0.446 e. The number of furan rings is 1. The molecule has 2 heterocycles. The van der Waals surface area contributed by atoms with Gasteiger partial charge in [0.15, 0.2) is 10.4 Å². The summed E-state index contributed by atoms with van der Waals surface area (Å²) in [5.74, 6) is 0.913. The molecule has 0 fully saturated rings. The van der Waals surface area contributed by atoms with Gasteiger partial charge in [-0.25, -0.2) is 0 Å². The monoisotopic (exact) mass is 342 g/mol. The second-order valence-electron chi connectivity index (χ2n) is 4.60. The van der Waals surface area contributed by atoms with Crippen LogP contribution in [0, 0.1) is 5.92 Å². The molecule has 0 aliphatic rings. The van der Waals surface area contributed by atoms with Gasteiger partial charge in [-0.3, -0.25) is 4.79 Å².